The van der Waals surface area contributed by atoms with E-state index >= 15 is 0 Å². The number of nitrogens with zero attached hydrogens (tertiary/aromatic N) is 1. The number of para-hydroxylation sites is 1. The van der Waals surface area contributed by atoms with Crippen molar-refractivity contribution >= 4 is 5.91 Å². The molecule has 1 aromatic carbocycles. The molecule has 0 spiro atoms. The lowest BCUT2D eigenvalue weighted by Gasteiger charge is -2.22. The summed E-state index contributed by atoms with van der Waals surface area (Å²) in [7, 11) is 3.29. The lowest BCUT2D eigenvalue weighted by Crippen LogP contribution is -2.35. The quantitative estimate of drug-likeness (QED) is 0.877. The molecule has 0 saturated carbocycles. The van der Waals surface area contributed by atoms with Crippen molar-refractivity contribution in [2.75, 3.05) is 20.6 Å². The fourth-order valence-corrected chi connectivity index (χ4v) is 1.96. The van der Waals surface area contributed by atoms with Gasteiger partial charge in [-0.3, -0.25) is 4.79 Å². The number of alkyl halides is 3. The molecule has 1 rings (SSSR count). The van der Waals surface area contributed by atoms with Gasteiger partial charge in [0.05, 0.1) is 0 Å². The Hall–Kier alpha value is -1.76. The Morgan fingerprint density at radius 2 is 2.00 bits per heavy atom. The van der Waals surface area contributed by atoms with E-state index in [4.69, 9.17) is 0 Å². The van der Waals surface area contributed by atoms with E-state index < -0.39 is 6.36 Å². The topological polar surface area (TPSA) is 41.6 Å². The second-order valence-electron chi connectivity index (χ2n) is 4.81. The largest absolute Gasteiger partial charge is 0.573 e. The molecule has 7 heteroatoms. The van der Waals surface area contributed by atoms with Crippen LogP contribution in [0.25, 0.3) is 0 Å². The van der Waals surface area contributed by atoms with E-state index in [9.17, 15) is 18.0 Å². The summed E-state index contributed by atoms with van der Waals surface area (Å²) < 4.78 is 41.0. The van der Waals surface area contributed by atoms with Crippen molar-refractivity contribution in [3.05, 3.63) is 29.8 Å². The summed E-state index contributed by atoms with van der Waals surface area (Å²) in [5.74, 6) is -0.687. The summed E-state index contributed by atoms with van der Waals surface area (Å²) in [4.78, 5) is 13.4. The maximum atomic E-state index is 12.3. The van der Waals surface area contributed by atoms with Gasteiger partial charge < -0.3 is 15.0 Å². The summed E-state index contributed by atoms with van der Waals surface area (Å²) in [6, 6.07) is 5.80. The molecule has 0 aliphatic heterocycles. The van der Waals surface area contributed by atoms with Gasteiger partial charge in [0.25, 0.3) is 0 Å². The van der Waals surface area contributed by atoms with Crippen molar-refractivity contribution < 1.29 is 22.7 Å². The highest BCUT2D eigenvalue weighted by Crippen LogP contribution is 2.27. The third-order valence-corrected chi connectivity index (χ3v) is 2.91. The third kappa shape index (κ3) is 5.63. The maximum Gasteiger partial charge on any atom is 0.573 e. The fourth-order valence-electron chi connectivity index (χ4n) is 1.96. The highest BCUT2D eigenvalue weighted by Gasteiger charge is 2.32. The molecule has 4 nitrogen and oxygen atoms in total. The molecule has 21 heavy (non-hydrogen) atoms. The molecule has 0 bridgehead atoms. The van der Waals surface area contributed by atoms with Crippen LogP contribution in [0.1, 0.15) is 12.5 Å². The SMILES string of the molecule is CNCC(C)C(=O)N(C)Cc1ccccc1OC(F)(F)F. The molecule has 1 unspecified atom stereocenters. The van der Waals surface area contributed by atoms with Crippen molar-refractivity contribution in [3.63, 3.8) is 0 Å². The van der Waals surface area contributed by atoms with Crippen LogP contribution in [0.2, 0.25) is 0 Å². The number of ether oxygens (including phenoxy) is 1. The number of amides is 1. The molecule has 0 aliphatic carbocycles. The Morgan fingerprint density at radius 1 is 1.38 bits per heavy atom. The van der Waals surface area contributed by atoms with Crippen molar-refractivity contribution in [2.45, 2.75) is 19.8 Å². The fraction of sp³-hybridized carbons (Fsp3) is 0.500. The number of nitrogens with one attached hydrogen (secondary N) is 1. The Balaban J connectivity index is 2.80. The van der Waals surface area contributed by atoms with Crippen LogP contribution in [0, 0.1) is 5.92 Å². The van der Waals surface area contributed by atoms with Gasteiger partial charge in [-0.15, -0.1) is 13.2 Å². The highest BCUT2D eigenvalue weighted by atomic mass is 19.4. The van der Waals surface area contributed by atoms with Crippen LogP contribution in [-0.2, 0) is 11.3 Å². The van der Waals surface area contributed by atoms with Crippen LogP contribution in [0.4, 0.5) is 13.2 Å². The van der Waals surface area contributed by atoms with Gasteiger partial charge in [-0.05, 0) is 13.1 Å². The van der Waals surface area contributed by atoms with Crippen LogP contribution < -0.4 is 10.1 Å². The van der Waals surface area contributed by atoms with E-state index in [1.54, 1.807) is 27.1 Å². The van der Waals surface area contributed by atoms with Gasteiger partial charge in [0.15, 0.2) is 0 Å². The maximum absolute atomic E-state index is 12.3. The first kappa shape index (κ1) is 17.3. The minimum atomic E-state index is -4.75. The summed E-state index contributed by atoms with van der Waals surface area (Å²) in [5.41, 5.74) is 0.308. The van der Waals surface area contributed by atoms with Gasteiger partial charge >= 0.3 is 6.36 Å². The molecule has 0 aromatic heterocycles. The van der Waals surface area contributed by atoms with Crippen LogP contribution >= 0.6 is 0 Å². The minimum absolute atomic E-state index is 0.0547. The normalized spacial score (nSPS) is 12.9. The lowest BCUT2D eigenvalue weighted by atomic mass is 10.1. The summed E-state index contributed by atoms with van der Waals surface area (Å²) in [6.45, 7) is 2.32. The number of carbonyl (C=O) groups is 1. The number of halogens is 3. The van der Waals surface area contributed by atoms with Gasteiger partial charge in [0.2, 0.25) is 5.91 Å². The smallest absolute Gasteiger partial charge is 0.405 e. The summed E-state index contributed by atoms with van der Waals surface area (Å²) in [5, 5.41) is 2.89. The average Bonchev–Trinajstić information content (AvgIpc) is 2.38. The van der Waals surface area contributed by atoms with Gasteiger partial charge in [-0.25, -0.2) is 0 Å². The predicted octanol–water partition coefficient (Wildman–Crippen LogP) is 2.40. The molecule has 0 saturated heterocycles. The summed E-state index contributed by atoms with van der Waals surface area (Å²) >= 11 is 0. The van der Waals surface area contributed by atoms with Crippen molar-refractivity contribution in [3.8, 4) is 5.75 Å². The molecule has 1 amide bonds. The third-order valence-electron chi connectivity index (χ3n) is 2.91. The van der Waals surface area contributed by atoms with Crippen LogP contribution in [-0.4, -0.2) is 37.8 Å². The monoisotopic (exact) mass is 304 g/mol. The molecule has 0 heterocycles. The molecular weight excluding hydrogens is 285 g/mol. The molecule has 0 aliphatic rings. The van der Waals surface area contributed by atoms with Gasteiger partial charge in [0.1, 0.15) is 5.75 Å². The highest BCUT2D eigenvalue weighted by molar-refractivity contribution is 5.78. The summed E-state index contributed by atoms with van der Waals surface area (Å²) in [6.07, 6.45) is -4.75. The van der Waals surface area contributed by atoms with E-state index in [0.717, 1.165) is 0 Å². The Labute approximate surface area is 121 Å². The van der Waals surface area contributed by atoms with Crippen LogP contribution in [0.15, 0.2) is 24.3 Å². The first-order valence-corrected chi connectivity index (χ1v) is 6.48. The second kappa shape index (κ2) is 7.31. The van der Waals surface area contributed by atoms with Crippen molar-refractivity contribution in [1.82, 2.24) is 10.2 Å². The zero-order chi connectivity index (χ0) is 16.0. The molecule has 118 valence electrons. The molecule has 0 fully saturated rings. The standard InChI is InChI=1S/C14H19F3N2O2/c1-10(8-18-2)13(20)19(3)9-11-6-4-5-7-12(11)21-14(15,16)17/h4-7,10,18H,8-9H2,1-3H3. The zero-order valence-corrected chi connectivity index (χ0v) is 12.2. The van der Waals surface area contributed by atoms with Gasteiger partial charge in [-0.1, -0.05) is 25.1 Å². The molecular formula is C14H19F3N2O2. The van der Waals surface area contributed by atoms with Crippen molar-refractivity contribution in [1.29, 1.82) is 0 Å². The number of rotatable bonds is 6. The van der Waals surface area contributed by atoms with E-state index in [0.29, 0.717) is 12.1 Å². The Kier molecular flexibility index (Phi) is 6.02. The predicted molar refractivity (Wildman–Crippen MR) is 72.7 cm³/mol. The minimum Gasteiger partial charge on any atom is -0.405 e. The number of carbonyl (C=O) groups excluding carboxylic acids is 1. The lowest BCUT2D eigenvalue weighted by molar-refractivity contribution is -0.275. The van der Waals surface area contributed by atoms with Crippen molar-refractivity contribution in [2.24, 2.45) is 5.92 Å². The molecule has 1 atom stereocenters. The number of hydrogen-bond donors (Lipinski definition) is 1. The van der Waals surface area contributed by atoms with E-state index in [1.165, 1.54) is 23.1 Å². The first-order valence-electron chi connectivity index (χ1n) is 6.48. The number of benzene rings is 1. The molecule has 1 N–H and O–H groups in total. The molecule has 1 aromatic rings. The van der Waals surface area contributed by atoms with Crippen LogP contribution in [0.5, 0.6) is 5.75 Å². The average molecular weight is 304 g/mol. The second-order valence-corrected chi connectivity index (χ2v) is 4.81. The van der Waals surface area contributed by atoms with Crippen LogP contribution in [0.3, 0.4) is 0 Å². The van der Waals surface area contributed by atoms with E-state index in [-0.39, 0.29) is 24.1 Å². The molecule has 0 radical (unpaired) electrons. The Bertz CT molecular complexity index is 478. The zero-order valence-electron chi connectivity index (χ0n) is 12.2. The van der Waals surface area contributed by atoms with E-state index in [1.807, 2.05) is 0 Å². The first-order chi connectivity index (χ1) is 9.74. The van der Waals surface area contributed by atoms with Gasteiger partial charge in [-0.2, -0.15) is 0 Å². The van der Waals surface area contributed by atoms with Gasteiger partial charge in [0, 0.05) is 31.6 Å². The number of hydrogen-bond acceptors (Lipinski definition) is 3. The Morgan fingerprint density at radius 3 is 2.57 bits per heavy atom. The van der Waals surface area contributed by atoms with E-state index in [2.05, 4.69) is 10.1 Å².